The Bertz CT molecular complexity index is 1090. The molecule has 0 aromatic rings. The van der Waals surface area contributed by atoms with Crippen LogP contribution in [0.15, 0.2) is 24.3 Å². The first-order valence-electron chi connectivity index (χ1n) is 21.6. The van der Waals surface area contributed by atoms with Crippen molar-refractivity contribution in [3.63, 3.8) is 0 Å². The summed E-state index contributed by atoms with van der Waals surface area (Å²) in [7, 11) is -5.11. The van der Waals surface area contributed by atoms with Crippen LogP contribution in [0.3, 0.4) is 0 Å². The van der Waals surface area contributed by atoms with Crippen LogP contribution in [0, 0.1) is 0 Å². The van der Waals surface area contributed by atoms with Gasteiger partial charge in [-0.05, 0) is 44.9 Å². The summed E-state index contributed by atoms with van der Waals surface area (Å²) in [6.45, 7) is 3.25. The van der Waals surface area contributed by atoms with Crippen molar-refractivity contribution in [2.75, 3.05) is 13.2 Å². The van der Waals surface area contributed by atoms with Gasteiger partial charge in [0.2, 0.25) is 0 Å². The Balaban J connectivity index is 2.50. The number of carbonyl (C=O) groups is 2. The van der Waals surface area contributed by atoms with Crippen molar-refractivity contribution < 1.29 is 63.1 Å². The zero-order valence-electron chi connectivity index (χ0n) is 34.4. The maximum atomic E-state index is 12.8. The maximum absolute atomic E-state index is 12.8. The fourth-order valence-corrected chi connectivity index (χ4v) is 7.47. The molecule has 0 amide bonds. The van der Waals surface area contributed by atoms with Crippen LogP contribution in [0.5, 0.6) is 0 Å². The second kappa shape index (κ2) is 33.2. The second-order valence-corrected chi connectivity index (χ2v) is 16.6. The first-order chi connectivity index (χ1) is 26.9. The third-order valence-electron chi connectivity index (χ3n) is 10.0. The largest absolute Gasteiger partial charge is 0.472 e. The zero-order chi connectivity index (χ0) is 41.4. The summed E-state index contributed by atoms with van der Waals surface area (Å²) in [5.41, 5.74) is 0. The molecule has 1 saturated carbocycles. The minimum absolute atomic E-state index is 0.0831. The van der Waals surface area contributed by atoms with Gasteiger partial charge >= 0.3 is 19.8 Å². The number of esters is 2. The van der Waals surface area contributed by atoms with E-state index in [4.69, 9.17) is 18.5 Å². The third kappa shape index (κ3) is 25.6. The van der Waals surface area contributed by atoms with Crippen LogP contribution in [0.1, 0.15) is 174 Å². The van der Waals surface area contributed by atoms with Crippen LogP contribution in [0.2, 0.25) is 0 Å². The summed E-state index contributed by atoms with van der Waals surface area (Å²) in [5.74, 6) is -1.11. The first-order valence-corrected chi connectivity index (χ1v) is 23.1. The standard InChI is InChI=1S/C42H77O13P/c1-3-5-7-9-11-13-15-16-17-18-19-21-23-25-27-29-31-36(44)54-34(32-52-35(43)30-28-26-24-22-20-14-12-10-8-6-4-2)33-53-56(50,51)55-42-40(48)38(46)37(45)39(47)41(42)49/h13,15,17-18,34,37-42,45-49H,3-12,14,16,19-33H2,1-2H3,(H,50,51)/b15-13-,18-17-. The number of unbranched alkanes of at least 4 members (excludes halogenated alkanes) is 19. The summed E-state index contributed by atoms with van der Waals surface area (Å²) in [6, 6.07) is 0. The molecule has 6 atom stereocenters. The molecule has 56 heavy (non-hydrogen) atoms. The van der Waals surface area contributed by atoms with Gasteiger partial charge < -0.3 is 39.9 Å². The van der Waals surface area contributed by atoms with E-state index in [2.05, 4.69) is 38.2 Å². The van der Waals surface area contributed by atoms with Gasteiger partial charge in [0.1, 0.15) is 43.2 Å². The highest BCUT2D eigenvalue weighted by Crippen LogP contribution is 2.47. The lowest BCUT2D eigenvalue weighted by atomic mass is 9.85. The van der Waals surface area contributed by atoms with Crippen LogP contribution >= 0.6 is 7.82 Å². The average molecular weight is 821 g/mol. The Labute approximate surface area is 336 Å². The highest BCUT2D eigenvalue weighted by Gasteiger charge is 2.51. The third-order valence-corrected chi connectivity index (χ3v) is 11.0. The van der Waals surface area contributed by atoms with Gasteiger partial charge in [0.05, 0.1) is 6.61 Å². The molecule has 0 heterocycles. The lowest BCUT2D eigenvalue weighted by Gasteiger charge is -2.41. The van der Waals surface area contributed by atoms with Gasteiger partial charge in [-0.1, -0.05) is 141 Å². The van der Waals surface area contributed by atoms with E-state index in [1.807, 2.05) is 0 Å². The fourth-order valence-electron chi connectivity index (χ4n) is 6.49. The van der Waals surface area contributed by atoms with Gasteiger partial charge in [0.15, 0.2) is 6.10 Å². The lowest BCUT2D eigenvalue weighted by Crippen LogP contribution is -2.64. The van der Waals surface area contributed by atoms with E-state index in [0.29, 0.717) is 12.8 Å². The van der Waals surface area contributed by atoms with E-state index in [1.54, 1.807) is 0 Å². The molecule has 6 N–H and O–H groups in total. The second-order valence-electron chi connectivity index (χ2n) is 15.2. The van der Waals surface area contributed by atoms with Crippen LogP contribution in [-0.4, -0.2) is 98.3 Å². The molecule has 0 aromatic heterocycles. The number of hydrogen-bond acceptors (Lipinski definition) is 12. The Morgan fingerprint density at radius 3 is 1.46 bits per heavy atom. The molecule has 0 radical (unpaired) electrons. The topological polar surface area (TPSA) is 210 Å². The summed E-state index contributed by atoms with van der Waals surface area (Å²) in [4.78, 5) is 35.5. The maximum Gasteiger partial charge on any atom is 0.472 e. The molecular weight excluding hydrogens is 743 g/mol. The molecule has 1 fully saturated rings. The van der Waals surface area contributed by atoms with E-state index in [9.17, 15) is 44.6 Å². The predicted octanol–water partition coefficient (Wildman–Crippen LogP) is 7.67. The van der Waals surface area contributed by atoms with Gasteiger partial charge in [0.25, 0.3) is 0 Å². The highest BCUT2D eigenvalue weighted by atomic mass is 31.2. The Kier molecular flexibility index (Phi) is 31.0. The van der Waals surface area contributed by atoms with Gasteiger partial charge in [-0.3, -0.25) is 18.6 Å². The van der Waals surface area contributed by atoms with E-state index in [0.717, 1.165) is 64.2 Å². The van der Waals surface area contributed by atoms with E-state index >= 15 is 0 Å². The predicted molar refractivity (Wildman–Crippen MR) is 217 cm³/mol. The molecule has 14 heteroatoms. The van der Waals surface area contributed by atoms with E-state index in [-0.39, 0.29) is 12.8 Å². The summed E-state index contributed by atoms with van der Waals surface area (Å²) in [6.07, 6.45) is 21.0. The van der Waals surface area contributed by atoms with Crippen molar-refractivity contribution in [3.05, 3.63) is 24.3 Å². The SMILES string of the molecule is CCCCCC/C=C\C/C=C\CCCCCCCC(=O)OC(COC(=O)CCCCCCCCCCCCC)COP(=O)(O)OC1C(O)C(O)C(O)C(O)C1O. The summed E-state index contributed by atoms with van der Waals surface area (Å²) < 4.78 is 33.4. The number of aliphatic hydroxyl groups is 5. The number of ether oxygens (including phenoxy) is 2. The monoisotopic (exact) mass is 821 g/mol. The summed E-state index contributed by atoms with van der Waals surface area (Å²) in [5, 5.41) is 50.0. The molecule has 6 unspecified atom stereocenters. The van der Waals surface area contributed by atoms with Gasteiger partial charge in [-0.2, -0.15) is 0 Å². The molecule has 0 spiro atoms. The summed E-state index contributed by atoms with van der Waals surface area (Å²) >= 11 is 0. The van der Waals surface area contributed by atoms with Gasteiger partial charge in [0, 0.05) is 12.8 Å². The normalized spacial score (nSPS) is 23.1. The molecule has 13 nitrogen and oxygen atoms in total. The van der Waals surface area contributed by atoms with Crippen LogP contribution in [0.4, 0.5) is 0 Å². The minimum atomic E-state index is -5.11. The van der Waals surface area contributed by atoms with Crippen molar-refractivity contribution in [1.29, 1.82) is 0 Å². The fraction of sp³-hybridized carbons (Fsp3) is 0.857. The van der Waals surface area contributed by atoms with Gasteiger partial charge in [-0.15, -0.1) is 0 Å². The van der Waals surface area contributed by atoms with Gasteiger partial charge in [-0.25, -0.2) is 4.57 Å². The Morgan fingerprint density at radius 2 is 0.964 bits per heavy atom. The van der Waals surface area contributed by atoms with Crippen molar-refractivity contribution in [2.24, 2.45) is 0 Å². The molecular formula is C42H77O13P. The van der Waals surface area contributed by atoms with Crippen molar-refractivity contribution in [1.82, 2.24) is 0 Å². The van der Waals surface area contributed by atoms with Crippen LogP contribution in [0.25, 0.3) is 0 Å². The molecule has 0 bridgehead atoms. The number of phosphoric acid groups is 1. The molecule has 0 aliphatic heterocycles. The smallest absolute Gasteiger partial charge is 0.462 e. The number of carbonyl (C=O) groups excluding carboxylic acids is 2. The molecule has 0 saturated heterocycles. The highest BCUT2D eigenvalue weighted by molar-refractivity contribution is 7.47. The number of allylic oxidation sites excluding steroid dienone is 4. The average Bonchev–Trinajstić information content (AvgIpc) is 3.18. The molecule has 1 rings (SSSR count). The van der Waals surface area contributed by atoms with Crippen LogP contribution in [-0.2, 0) is 32.7 Å². The zero-order valence-corrected chi connectivity index (χ0v) is 35.3. The minimum Gasteiger partial charge on any atom is -0.462 e. The van der Waals surface area contributed by atoms with E-state index < -0.39 is 75.7 Å². The molecule has 0 aromatic carbocycles. The number of phosphoric ester groups is 1. The Morgan fingerprint density at radius 1 is 0.554 bits per heavy atom. The Hall–Kier alpha value is -1.67. The van der Waals surface area contributed by atoms with Crippen molar-refractivity contribution >= 4 is 19.8 Å². The number of rotatable bonds is 35. The van der Waals surface area contributed by atoms with Crippen molar-refractivity contribution in [2.45, 2.75) is 217 Å². The lowest BCUT2D eigenvalue weighted by molar-refractivity contribution is -0.220. The van der Waals surface area contributed by atoms with Crippen molar-refractivity contribution in [3.8, 4) is 0 Å². The molecule has 1 aliphatic rings. The quantitative estimate of drug-likeness (QED) is 0.0157. The number of aliphatic hydroxyl groups excluding tert-OH is 5. The molecule has 328 valence electrons. The van der Waals surface area contributed by atoms with Crippen LogP contribution < -0.4 is 0 Å². The first kappa shape index (κ1) is 52.3. The van der Waals surface area contributed by atoms with E-state index in [1.165, 1.54) is 70.6 Å². The number of hydrogen-bond donors (Lipinski definition) is 6. The molecule has 1 aliphatic carbocycles.